The first-order valence-corrected chi connectivity index (χ1v) is 3.49. The number of rotatable bonds is 3. The smallest absolute Gasteiger partial charge is 0.0138 e. The fourth-order valence-corrected chi connectivity index (χ4v) is 0.624. The fraction of sp³-hybridized carbons (Fsp3) is 0.714. The lowest BCUT2D eigenvalue weighted by Gasteiger charge is -1.92. The first-order chi connectivity index (χ1) is 3.81. The predicted octanol–water partition coefficient (Wildman–Crippen LogP) is 3.32. The fourth-order valence-electron chi connectivity index (χ4n) is 0.490. The Kier molecular flexibility index (Phi) is 5.19. The van der Waals surface area contributed by atoms with E-state index >= 15 is 0 Å². The average molecular weight is 133 g/mol. The lowest BCUT2D eigenvalue weighted by molar-refractivity contribution is 0.806. The van der Waals surface area contributed by atoms with Gasteiger partial charge in [-0.05, 0) is 19.8 Å². The Morgan fingerprint density at radius 3 is 2.62 bits per heavy atom. The van der Waals surface area contributed by atoms with Gasteiger partial charge < -0.3 is 0 Å². The molecule has 0 aromatic rings. The summed E-state index contributed by atoms with van der Waals surface area (Å²) in [6.07, 6.45) is 5.44. The maximum Gasteiger partial charge on any atom is 0.0138 e. The molecule has 0 saturated carbocycles. The molecule has 0 atom stereocenters. The second-order valence-corrected chi connectivity index (χ2v) is 2.32. The zero-order valence-corrected chi connectivity index (χ0v) is 6.33. The Hall–Kier alpha value is 0.0300. The van der Waals surface area contributed by atoms with E-state index in [-0.39, 0.29) is 0 Å². The van der Waals surface area contributed by atoms with Gasteiger partial charge in [0, 0.05) is 5.03 Å². The third-order valence-corrected chi connectivity index (χ3v) is 1.49. The normalized spacial score (nSPS) is 12.1. The topological polar surface area (TPSA) is 0 Å². The predicted molar refractivity (Wildman–Crippen MR) is 39.1 cm³/mol. The number of hydrogen-bond donors (Lipinski definition) is 0. The Bertz CT molecular complexity index is 74.5. The number of hydrogen-bond acceptors (Lipinski definition) is 0. The molecule has 0 bridgehead atoms. The molecule has 0 radical (unpaired) electrons. The van der Waals surface area contributed by atoms with E-state index in [1.54, 1.807) is 0 Å². The van der Waals surface area contributed by atoms with Gasteiger partial charge in [-0.15, -0.1) is 0 Å². The van der Waals surface area contributed by atoms with Crippen LogP contribution in [0.3, 0.4) is 0 Å². The van der Waals surface area contributed by atoms with Crippen LogP contribution in [-0.2, 0) is 0 Å². The maximum absolute atomic E-state index is 5.71. The van der Waals surface area contributed by atoms with Gasteiger partial charge in [0.1, 0.15) is 0 Å². The van der Waals surface area contributed by atoms with Crippen LogP contribution in [-0.4, -0.2) is 0 Å². The van der Waals surface area contributed by atoms with Crippen LogP contribution in [0.4, 0.5) is 0 Å². The van der Waals surface area contributed by atoms with E-state index in [2.05, 4.69) is 6.92 Å². The Morgan fingerprint density at radius 2 is 2.25 bits per heavy atom. The zero-order valence-electron chi connectivity index (χ0n) is 5.58. The van der Waals surface area contributed by atoms with E-state index in [1.807, 2.05) is 13.0 Å². The largest absolute Gasteiger partial charge is 0.0895 e. The molecular formula is C7H13Cl. The summed E-state index contributed by atoms with van der Waals surface area (Å²) in [4.78, 5) is 0. The molecule has 0 saturated heterocycles. The standard InChI is InChI=1S/C7H13Cl/c1-3-5-6-7(8)4-2/h4H,3,5-6H2,1-2H3/b7-4+. The molecule has 0 amide bonds. The summed E-state index contributed by atoms with van der Waals surface area (Å²) >= 11 is 5.71. The average Bonchev–Trinajstić information content (AvgIpc) is 1.83. The van der Waals surface area contributed by atoms with Crippen molar-refractivity contribution in [2.75, 3.05) is 0 Å². The quantitative estimate of drug-likeness (QED) is 0.553. The van der Waals surface area contributed by atoms with E-state index in [4.69, 9.17) is 11.6 Å². The van der Waals surface area contributed by atoms with Crippen LogP contribution in [0, 0.1) is 0 Å². The summed E-state index contributed by atoms with van der Waals surface area (Å²) in [7, 11) is 0. The molecule has 0 spiro atoms. The molecule has 0 aliphatic heterocycles. The highest BCUT2D eigenvalue weighted by atomic mass is 35.5. The van der Waals surface area contributed by atoms with Crippen molar-refractivity contribution < 1.29 is 0 Å². The first kappa shape index (κ1) is 8.03. The van der Waals surface area contributed by atoms with Crippen molar-refractivity contribution in [3.8, 4) is 0 Å². The summed E-state index contributed by atoms with van der Waals surface area (Å²) in [5, 5.41) is 0.992. The Morgan fingerprint density at radius 1 is 1.62 bits per heavy atom. The van der Waals surface area contributed by atoms with Crippen molar-refractivity contribution in [2.45, 2.75) is 33.1 Å². The van der Waals surface area contributed by atoms with Crippen LogP contribution >= 0.6 is 11.6 Å². The number of allylic oxidation sites excluding steroid dienone is 2. The highest BCUT2D eigenvalue weighted by Crippen LogP contribution is 2.10. The van der Waals surface area contributed by atoms with E-state index in [9.17, 15) is 0 Å². The third-order valence-electron chi connectivity index (χ3n) is 1.08. The van der Waals surface area contributed by atoms with Crippen LogP contribution in [0.25, 0.3) is 0 Å². The van der Waals surface area contributed by atoms with Gasteiger partial charge >= 0.3 is 0 Å². The van der Waals surface area contributed by atoms with Crippen LogP contribution in [0.15, 0.2) is 11.1 Å². The van der Waals surface area contributed by atoms with E-state index in [0.717, 1.165) is 11.5 Å². The zero-order chi connectivity index (χ0) is 6.41. The SMILES string of the molecule is C/C=C(/Cl)CCCC. The molecule has 0 aromatic carbocycles. The monoisotopic (exact) mass is 132 g/mol. The third kappa shape index (κ3) is 4.20. The molecule has 1 heteroatoms. The van der Waals surface area contributed by atoms with Gasteiger partial charge in [-0.2, -0.15) is 0 Å². The van der Waals surface area contributed by atoms with Gasteiger partial charge in [-0.1, -0.05) is 31.0 Å². The van der Waals surface area contributed by atoms with Crippen molar-refractivity contribution in [3.05, 3.63) is 11.1 Å². The van der Waals surface area contributed by atoms with E-state index in [0.29, 0.717) is 0 Å². The lowest BCUT2D eigenvalue weighted by atomic mass is 10.2. The summed E-state index contributed by atoms with van der Waals surface area (Å²) in [6, 6.07) is 0. The minimum absolute atomic E-state index is 0.992. The molecule has 0 aliphatic rings. The lowest BCUT2D eigenvalue weighted by Crippen LogP contribution is -1.71. The van der Waals surface area contributed by atoms with Crippen LogP contribution in [0.2, 0.25) is 0 Å². The van der Waals surface area contributed by atoms with Gasteiger partial charge in [0.15, 0.2) is 0 Å². The molecule has 0 N–H and O–H groups in total. The van der Waals surface area contributed by atoms with Crippen LogP contribution < -0.4 is 0 Å². The Balaban J connectivity index is 3.12. The summed E-state index contributed by atoms with van der Waals surface area (Å²) < 4.78 is 0. The van der Waals surface area contributed by atoms with Crippen molar-refractivity contribution in [1.29, 1.82) is 0 Å². The molecule has 48 valence electrons. The molecule has 0 heterocycles. The highest BCUT2D eigenvalue weighted by molar-refractivity contribution is 6.29. The molecular weight excluding hydrogens is 120 g/mol. The summed E-state index contributed by atoms with van der Waals surface area (Å²) in [5.74, 6) is 0. The van der Waals surface area contributed by atoms with Gasteiger partial charge in [-0.3, -0.25) is 0 Å². The molecule has 0 nitrogen and oxygen atoms in total. The second-order valence-electron chi connectivity index (χ2n) is 1.84. The molecule has 0 aliphatic carbocycles. The number of unbranched alkanes of at least 4 members (excludes halogenated alkanes) is 1. The Labute approximate surface area is 56.5 Å². The summed E-state index contributed by atoms with van der Waals surface area (Å²) in [6.45, 7) is 4.14. The van der Waals surface area contributed by atoms with Gasteiger partial charge in [0.25, 0.3) is 0 Å². The number of halogens is 1. The van der Waals surface area contributed by atoms with Crippen molar-refractivity contribution >= 4 is 11.6 Å². The molecule has 0 unspecified atom stereocenters. The second kappa shape index (κ2) is 5.17. The van der Waals surface area contributed by atoms with Crippen molar-refractivity contribution in [2.24, 2.45) is 0 Å². The maximum atomic E-state index is 5.71. The van der Waals surface area contributed by atoms with E-state index < -0.39 is 0 Å². The minimum Gasteiger partial charge on any atom is -0.0895 e. The first-order valence-electron chi connectivity index (χ1n) is 3.12. The molecule has 0 fully saturated rings. The van der Waals surface area contributed by atoms with Crippen LogP contribution in [0.1, 0.15) is 33.1 Å². The van der Waals surface area contributed by atoms with Crippen molar-refractivity contribution in [3.63, 3.8) is 0 Å². The van der Waals surface area contributed by atoms with Gasteiger partial charge in [0.05, 0.1) is 0 Å². The van der Waals surface area contributed by atoms with Gasteiger partial charge in [-0.25, -0.2) is 0 Å². The highest BCUT2D eigenvalue weighted by Gasteiger charge is 1.86. The molecule has 8 heavy (non-hydrogen) atoms. The van der Waals surface area contributed by atoms with Gasteiger partial charge in [0.2, 0.25) is 0 Å². The minimum atomic E-state index is 0.992. The van der Waals surface area contributed by atoms with Crippen LogP contribution in [0.5, 0.6) is 0 Å². The van der Waals surface area contributed by atoms with Crippen molar-refractivity contribution in [1.82, 2.24) is 0 Å². The molecule has 0 rings (SSSR count). The van der Waals surface area contributed by atoms with E-state index in [1.165, 1.54) is 12.8 Å². The molecule has 0 aromatic heterocycles. The summed E-state index contributed by atoms with van der Waals surface area (Å²) in [5.41, 5.74) is 0.